The van der Waals surface area contributed by atoms with E-state index in [1.54, 1.807) is 18.2 Å². The number of carbonyl (C=O) groups is 1. The maximum absolute atomic E-state index is 13.2. The van der Waals surface area contributed by atoms with Crippen LogP contribution in [0.4, 0.5) is 10.2 Å². The SMILES string of the molecule is COc1cc(C(=O)Nc2cccc(Br)n2)ccc1F. The minimum absolute atomic E-state index is 0.0230. The molecule has 1 amide bonds. The molecule has 6 heteroatoms. The zero-order valence-corrected chi connectivity index (χ0v) is 11.6. The first kappa shape index (κ1) is 13.5. The number of nitrogens with zero attached hydrogens (tertiary/aromatic N) is 1. The molecule has 0 aliphatic rings. The van der Waals surface area contributed by atoms with Crippen LogP contribution in [0, 0.1) is 5.82 Å². The number of ether oxygens (including phenoxy) is 1. The lowest BCUT2D eigenvalue weighted by Crippen LogP contribution is -2.13. The van der Waals surface area contributed by atoms with Crippen molar-refractivity contribution >= 4 is 27.7 Å². The van der Waals surface area contributed by atoms with Crippen LogP contribution in [0.2, 0.25) is 0 Å². The number of aromatic nitrogens is 1. The second kappa shape index (κ2) is 5.79. The Morgan fingerprint density at radius 3 is 2.84 bits per heavy atom. The first-order chi connectivity index (χ1) is 9.10. The molecule has 0 saturated heterocycles. The second-order valence-corrected chi connectivity index (χ2v) is 4.46. The van der Waals surface area contributed by atoms with E-state index in [1.165, 1.54) is 25.3 Å². The Morgan fingerprint density at radius 2 is 2.16 bits per heavy atom. The molecule has 19 heavy (non-hydrogen) atoms. The summed E-state index contributed by atoms with van der Waals surface area (Å²) in [6, 6.07) is 9.05. The van der Waals surface area contributed by atoms with E-state index < -0.39 is 5.82 Å². The van der Waals surface area contributed by atoms with Crippen LogP contribution in [0.3, 0.4) is 0 Å². The maximum atomic E-state index is 13.2. The molecule has 1 heterocycles. The van der Waals surface area contributed by atoms with Gasteiger partial charge >= 0.3 is 0 Å². The topological polar surface area (TPSA) is 51.2 Å². The number of amides is 1. The molecule has 2 rings (SSSR count). The molecule has 1 aromatic heterocycles. The standard InChI is InChI=1S/C13H10BrFN2O2/c1-19-10-7-8(5-6-9(10)15)13(18)17-12-4-2-3-11(14)16-12/h2-7H,1H3,(H,16,17,18). The zero-order valence-electron chi connectivity index (χ0n) is 9.98. The van der Waals surface area contributed by atoms with Crippen LogP contribution < -0.4 is 10.1 Å². The largest absolute Gasteiger partial charge is 0.494 e. The van der Waals surface area contributed by atoms with Crippen molar-refractivity contribution < 1.29 is 13.9 Å². The highest BCUT2D eigenvalue weighted by Crippen LogP contribution is 2.19. The number of halogens is 2. The quantitative estimate of drug-likeness (QED) is 0.882. The summed E-state index contributed by atoms with van der Waals surface area (Å²) >= 11 is 3.21. The van der Waals surface area contributed by atoms with Crippen LogP contribution in [-0.4, -0.2) is 18.0 Å². The third kappa shape index (κ3) is 3.29. The molecule has 1 aromatic carbocycles. The van der Waals surface area contributed by atoms with Crippen molar-refractivity contribution in [2.45, 2.75) is 0 Å². The number of anilines is 1. The van der Waals surface area contributed by atoms with Crippen molar-refractivity contribution in [2.75, 3.05) is 12.4 Å². The van der Waals surface area contributed by atoms with Crippen LogP contribution in [0.15, 0.2) is 41.0 Å². The summed E-state index contributed by atoms with van der Waals surface area (Å²) in [7, 11) is 1.34. The number of carbonyl (C=O) groups excluding carboxylic acids is 1. The van der Waals surface area contributed by atoms with Crippen LogP contribution >= 0.6 is 15.9 Å². The number of pyridine rings is 1. The summed E-state index contributed by atoms with van der Waals surface area (Å²) in [4.78, 5) is 16.0. The fourth-order valence-corrected chi connectivity index (χ4v) is 1.81. The van der Waals surface area contributed by atoms with Gasteiger partial charge in [0.2, 0.25) is 0 Å². The van der Waals surface area contributed by atoms with Gasteiger partial charge in [-0.05, 0) is 46.3 Å². The van der Waals surface area contributed by atoms with Crippen molar-refractivity contribution in [2.24, 2.45) is 0 Å². The number of benzene rings is 1. The average Bonchev–Trinajstić information content (AvgIpc) is 2.39. The molecular weight excluding hydrogens is 315 g/mol. The van der Waals surface area contributed by atoms with E-state index in [2.05, 4.69) is 26.2 Å². The monoisotopic (exact) mass is 324 g/mol. The molecule has 0 atom stereocenters. The van der Waals surface area contributed by atoms with Gasteiger partial charge in [0.05, 0.1) is 7.11 Å². The van der Waals surface area contributed by atoms with Gasteiger partial charge in [0.15, 0.2) is 11.6 Å². The minimum atomic E-state index is -0.514. The Kier molecular flexibility index (Phi) is 4.11. The number of methoxy groups -OCH3 is 1. The van der Waals surface area contributed by atoms with E-state index in [1.807, 2.05) is 0 Å². The lowest BCUT2D eigenvalue weighted by molar-refractivity contribution is 0.102. The van der Waals surface area contributed by atoms with Gasteiger partial charge in [0.25, 0.3) is 5.91 Å². The van der Waals surface area contributed by atoms with Gasteiger partial charge in [0, 0.05) is 5.56 Å². The van der Waals surface area contributed by atoms with Crippen molar-refractivity contribution in [3.05, 3.63) is 52.4 Å². The van der Waals surface area contributed by atoms with E-state index in [0.717, 1.165) is 0 Å². The molecule has 0 aliphatic carbocycles. The van der Waals surface area contributed by atoms with E-state index in [-0.39, 0.29) is 11.7 Å². The normalized spacial score (nSPS) is 10.1. The summed E-state index contributed by atoms with van der Waals surface area (Å²) in [5, 5.41) is 2.61. The summed E-state index contributed by atoms with van der Waals surface area (Å²) in [6.07, 6.45) is 0. The molecule has 0 bridgehead atoms. The van der Waals surface area contributed by atoms with Crippen molar-refractivity contribution in [1.82, 2.24) is 4.98 Å². The van der Waals surface area contributed by atoms with E-state index >= 15 is 0 Å². The molecule has 4 nitrogen and oxygen atoms in total. The first-order valence-corrected chi connectivity index (χ1v) is 6.17. The molecule has 0 fully saturated rings. The average molecular weight is 325 g/mol. The number of hydrogen-bond acceptors (Lipinski definition) is 3. The van der Waals surface area contributed by atoms with E-state index in [9.17, 15) is 9.18 Å². The van der Waals surface area contributed by atoms with Crippen LogP contribution in [0.25, 0.3) is 0 Å². The van der Waals surface area contributed by atoms with Crippen LogP contribution in [0.5, 0.6) is 5.75 Å². The van der Waals surface area contributed by atoms with Gasteiger partial charge < -0.3 is 10.1 Å². The van der Waals surface area contributed by atoms with Gasteiger partial charge in [-0.1, -0.05) is 6.07 Å². The molecule has 98 valence electrons. The minimum Gasteiger partial charge on any atom is -0.494 e. The van der Waals surface area contributed by atoms with Crippen LogP contribution in [0.1, 0.15) is 10.4 Å². The zero-order chi connectivity index (χ0) is 13.8. The Morgan fingerprint density at radius 1 is 1.37 bits per heavy atom. The highest BCUT2D eigenvalue weighted by atomic mass is 79.9. The molecule has 0 saturated carbocycles. The Labute approximate surface area is 117 Å². The van der Waals surface area contributed by atoms with Crippen molar-refractivity contribution in [3.63, 3.8) is 0 Å². The van der Waals surface area contributed by atoms with Gasteiger partial charge in [-0.15, -0.1) is 0 Å². The van der Waals surface area contributed by atoms with Gasteiger partial charge in [0.1, 0.15) is 10.4 Å². The van der Waals surface area contributed by atoms with E-state index in [4.69, 9.17) is 4.74 Å². The molecule has 1 N–H and O–H groups in total. The lowest BCUT2D eigenvalue weighted by atomic mass is 10.2. The van der Waals surface area contributed by atoms with Gasteiger partial charge in [-0.2, -0.15) is 0 Å². The fourth-order valence-electron chi connectivity index (χ4n) is 1.47. The molecular formula is C13H10BrFN2O2. The summed E-state index contributed by atoms with van der Waals surface area (Å²) in [5.74, 6) is -0.471. The number of nitrogens with one attached hydrogen (secondary N) is 1. The highest BCUT2D eigenvalue weighted by Gasteiger charge is 2.11. The van der Waals surface area contributed by atoms with Crippen LogP contribution in [-0.2, 0) is 0 Å². The lowest BCUT2D eigenvalue weighted by Gasteiger charge is -2.07. The molecule has 2 aromatic rings. The van der Waals surface area contributed by atoms with Crippen molar-refractivity contribution in [3.8, 4) is 5.75 Å². The second-order valence-electron chi connectivity index (χ2n) is 3.65. The predicted molar refractivity (Wildman–Crippen MR) is 72.8 cm³/mol. The smallest absolute Gasteiger partial charge is 0.256 e. The summed E-state index contributed by atoms with van der Waals surface area (Å²) in [5.41, 5.74) is 0.292. The van der Waals surface area contributed by atoms with E-state index in [0.29, 0.717) is 16.0 Å². The first-order valence-electron chi connectivity index (χ1n) is 5.37. The van der Waals surface area contributed by atoms with Gasteiger partial charge in [-0.25, -0.2) is 9.37 Å². The molecule has 0 aliphatic heterocycles. The summed E-state index contributed by atoms with van der Waals surface area (Å²) < 4.78 is 18.7. The fraction of sp³-hybridized carbons (Fsp3) is 0.0769. The number of hydrogen-bond donors (Lipinski definition) is 1. The maximum Gasteiger partial charge on any atom is 0.256 e. The Hall–Kier alpha value is -1.95. The molecule has 0 radical (unpaired) electrons. The Balaban J connectivity index is 2.20. The predicted octanol–water partition coefficient (Wildman–Crippen LogP) is 3.24. The van der Waals surface area contributed by atoms with Gasteiger partial charge in [-0.3, -0.25) is 4.79 Å². The third-order valence-electron chi connectivity index (χ3n) is 2.37. The third-order valence-corrected chi connectivity index (χ3v) is 2.81. The molecule has 0 unspecified atom stereocenters. The van der Waals surface area contributed by atoms with Crippen molar-refractivity contribution in [1.29, 1.82) is 0 Å². The number of rotatable bonds is 3. The summed E-state index contributed by atoms with van der Waals surface area (Å²) in [6.45, 7) is 0. The Bertz CT molecular complexity index is 619. The molecule has 0 spiro atoms. The highest BCUT2D eigenvalue weighted by molar-refractivity contribution is 9.10.